The summed E-state index contributed by atoms with van der Waals surface area (Å²) in [5.74, 6) is -0.770. The maximum atomic E-state index is 10.4. The van der Waals surface area contributed by atoms with E-state index in [1.54, 1.807) is 0 Å². The molecule has 0 aliphatic heterocycles. The maximum Gasteiger partial charge on any atom is 0.305 e. The van der Waals surface area contributed by atoms with Gasteiger partial charge in [-0.15, -0.1) is 0 Å². The fourth-order valence-corrected chi connectivity index (χ4v) is 1.58. The van der Waals surface area contributed by atoms with E-state index >= 15 is 0 Å². The number of anilines is 1. The zero-order valence-electron chi connectivity index (χ0n) is 8.83. The van der Waals surface area contributed by atoms with Crippen molar-refractivity contribution in [2.75, 3.05) is 18.5 Å². The highest BCUT2D eigenvalue weighted by Gasteiger charge is 2.05. The van der Waals surface area contributed by atoms with Crippen LogP contribution in [0.15, 0.2) is 22.7 Å². The van der Waals surface area contributed by atoms with Gasteiger partial charge in [-0.1, -0.05) is 22.0 Å². The number of rotatable bonds is 4. The summed E-state index contributed by atoms with van der Waals surface area (Å²) in [4.78, 5) is 12.3. The second-order valence-corrected chi connectivity index (χ2v) is 4.35. The van der Waals surface area contributed by atoms with E-state index in [1.807, 2.05) is 37.1 Å². The van der Waals surface area contributed by atoms with Crippen molar-refractivity contribution in [2.24, 2.45) is 0 Å². The van der Waals surface area contributed by atoms with Gasteiger partial charge in [0.15, 0.2) is 0 Å². The molecule has 0 amide bonds. The zero-order valence-corrected chi connectivity index (χ0v) is 10.4. The Bertz CT molecular complexity index is 366. The average Bonchev–Trinajstić information content (AvgIpc) is 2.18. The van der Waals surface area contributed by atoms with Gasteiger partial charge < -0.3 is 10.0 Å². The Morgan fingerprint density at radius 3 is 2.73 bits per heavy atom. The molecule has 0 fully saturated rings. The van der Waals surface area contributed by atoms with Crippen LogP contribution in [0.5, 0.6) is 0 Å². The third-order valence-corrected chi connectivity index (χ3v) is 3.11. The number of carboxylic acid groups (broad SMARTS) is 1. The van der Waals surface area contributed by atoms with E-state index in [9.17, 15) is 4.79 Å². The number of nitrogens with zero attached hydrogens (tertiary/aromatic N) is 1. The highest BCUT2D eigenvalue weighted by atomic mass is 79.9. The summed E-state index contributed by atoms with van der Waals surface area (Å²) in [5, 5.41) is 8.57. The minimum absolute atomic E-state index is 0.155. The predicted molar refractivity (Wildman–Crippen MR) is 64.4 cm³/mol. The van der Waals surface area contributed by atoms with Crippen LogP contribution in [0, 0.1) is 6.92 Å². The molecule has 0 atom stereocenters. The quantitative estimate of drug-likeness (QED) is 0.916. The van der Waals surface area contributed by atoms with Crippen LogP contribution in [0.4, 0.5) is 5.69 Å². The monoisotopic (exact) mass is 271 g/mol. The van der Waals surface area contributed by atoms with Crippen LogP contribution in [0.2, 0.25) is 0 Å². The molecular weight excluding hydrogens is 258 g/mol. The summed E-state index contributed by atoms with van der Waals surface area (Å²) in [6, 6.07) is 6.00. The number of hydrogen-bond acceptors (Lipinski definition) is 2. The lowest BCUT2D eigenvalue weighted by Gasteiger charge is -2.18. The highest BCUT2D eigenvalue weighted by molar-refractivity contribution is 9.10. The molecule has 1 aromatic carbocycles. The fraction of sp³-hybridized carbons (Fsp3) is 0.364. The van der Waals surface area contributed by atoms with E-state index in [2.05, 4.69) is 15.9 Å². The summed E-state index contributed by atoms with van der Waals surface area (Å²) < 4.78 is 1.04. The largest absolute Gasteiger partial charge is 0.481 e. The molecule has 1 aromatic rings. The lowest BCUT2D eigenvalue weighted by Crippen LogP contribution is -2.20. The molecule has 0 unspecified atom stereocenters. The Balaban J connectivity index is 2.69. The molecule has 3 nitrogen and oxygen atoms in total. The van der Waals surface area contributed by atoms with E-state index in [0.717, 1.165) is 10.2 Å². The minimum Gasteiger partial charge on any atom is -0.481 e. The number of hydrogen-bond donors (Lipinski definition) is 1. The maximum absolute atomic E-state index is 10.4. The normalized spacial score (nSPS) is 10.1. The summed E-state index contributed by atoms with van der Waals surface area (Å²) in [6.45, 7) is 2.54. The van der Waals surface area contributed by atoms with Crippen molar-refractivity contribution in [1.29, 1.82) is 0 Å². The molecule has 0 aliphatic carbocycles. The average molecular weight is 272 g/mol. The number of carbonyl (C=O) groups is 1. The molecule has 82 valence electrons. The number of carboxylic acids is 1. The summed E-state index contributed by atoms with van der Waals surface area (Å²) >= 11 is 3.45. The molecule has 0 aromatic heterocycles. The molecule has 0 bridgehead atoms. The van der Waals surface area contributed by atoms with Gasteiger partial charge in [0.1, 0.15) is 0 Å². The molecule has 15 heavy (non-hydrogen) atoms. The lowest BCUT2D eigenvalue weighted by atomic mass is 10.2. The molecule has 0 saturated carbocycles. The first-order valence-electron chi connectivity index (χ1n) is 4.70. The van der Waals surface area contributed by atoms with Gasteiger partial charge in [0, 0.05) is 23.8 Å². The van der Waals surface area contributed by atoms with Gasteiger partial charge in [0.05, 0.1) is 6.42 Å². The van der Waals surface area contributed by atoms with Gasteiger partial charge in [0.2, 0.25) is 0 Å². The summed E-state index contributed by atoms with van der Waals surface area (Å²) in [7, 11) is 1.89. The number of aliphatic carboxylic acids is 1. The Hall–Kier alpha value is -1.03. The molecule has 0 heterocycles. The third-order valence-electron chi connectivity index (χ3n) is 2.26. The van der Waals surface area contributed by atoms with Crippen molar-refractivity contribution in [1.82, 2.24) is 0 Å². The lowest BCUT2D eigenvalue weighted by molar-refractivity contribution is -0.136. The third kappa shape index (κ3) is 3.55. The van der Waals surface area contributed by atoms with Crippen LogP contribution in [-0.4, -0.2) is 24.7 Å². The molecule has 0 spiro atoms. The number of aryl methyl sites for hydroxylation is 1. The van der Waals surface area contributed by atoms with Gasteiger partial charge in [-0.2, -0.15) is 0 Å². The molecular formula is C11H14BrNO2. The van der Waals surface area contributed by atoms with Crippen molar-refractivity contribution in [3.63, 3.8) is 0 Å². The van der Waals surface area contributed by atoms with Crippen molar-refractivity contribution in [3.8, 4) is 0 Å². The van der Waals surface area contributed by atoms with Crippen molar-refractivity contribution in [2.45, 2.75) is 13.3 Å². The van der Waals surface area contributed by atoms with Crippen molar-refractivity contribution in [3.05, 3.63) is 28.2 Å². The Morgan fingerprint density at radius 2 is 2.20 bits per heavy atom. The first kappa shape index (κ1) is 12.0. The smallest absolute Gasteiger partial charge is 0.305 e. The van der Waals surface area contributed by atoms with Crippen LogP contribution in [0.1, 0.15) is 12.0 Å². The van der Waals surface area contributed by atoms with E-state index in [1.165, 1.54) is 5.56 Å². The Morgan fingerprint density at radius 1 is 1.53 bits per heavy atom. The first-order chi connectivity index (χ1) is 7.00. The van der Waals surface area contributed by atoms with E-state index in [0.29, 0.717) is 6.54 Å². The molecule has 0 aliphatic rings. The highest BCUT2D eigenvalue weighted by Crippen LogP contribution is 2.22. The van der Waals surface area contributed by atoms with Crippen LogP contribution in [0.25, 0.3) is 0 Å². The molecule has 1 rings (SSSR count). The van der Waals surface area contributed by atoms with Gasteiger partial charge in [-0.05, 0) is 24.6 Å². The van der Waals surface area contributed by atoms with E-state index < -0.39 is 5.97 Å². The zero-order chi connectivity index (χ0) is 11.4. The number of halogens is 1. The minimum atomic E-state index is -0.770. The molecule has 0 saturated heterocycles. The van der Waals surface area contributed by atoms with Crippen molar-refractivity contribution >= 4 is 27.6 Å². The Labute approximate surface area is 97.8 Å². The van der Waals surface area contributed by atoms with E-state index in [4.69, 9.17) is 5.11 Å². The van der Waals surface area contributed by atoms with E-state index in [-0.39, 0.29) is 6.42 Å². The predicted octanol–water partition coefficient (Wildman–Crippen LogP) is 2.67. The molecule has 0 radical (unpaired) electrons. The number of benzene rings is 1. The van der Waals surface area contributed by atoms with Crippen LogP contribution in [0.3, 0.4) is 0 Å². The summed E-state index contributed by atoms with van der Waals surface area (Å²) in [5.41, 5.74) is 2.19. The molecule has 1 N–H and O–H groups in total. The van der Waals surface area contributed by atoms with Gasteiger partial charge in [0.25, 0.3) is 0 Å². The van der Waals surface area contributed by atoms with Crippen LogP contribution >= 0.6 is 15.9 Å². The fourth-order valence-electron chi connectivity index (χ4n) is 1.21. The van der Waals surface area contributed by atoms with Gasteiger partial charge in [-0.3, -0.25) is 4.79 Å². The topological polar surface area (TPSA) is 40.5 Å². The standard InChI is InChI=1S/C11H14BrNO2/c1-8-3-4-9(7-10(8)12)13(2)6-5-11(14)15/h3-4,7H,5-6H2,1-2H3,(H,14,15). The second kappa shape index (κ2) is 5.16. The second-order valence-electron chi connectivity index (χ2n) is 3.50. The summed E-state index contributed by atoms with van der Waals surface area (Å²) in [6.07, 6.45) is 0.155. The molecule has 4 heteroatoms. The van der Waals surface area contributed by atoms with Crippen LogP contribution in [-0.2, 0) is 4.79 Å². The van der Waals surface area contributed by atoms with Crippen LogP contribution < -0.4 is 4.90 Å². The van der Waals surface area contributed by atoms with Crippen molar-refractivity contribution < 1.29 is 9.90 Å². The first-order valence-corrected chi connectivity index (χ1v) is 5.49. The van der Waals surface area contributed by atoms with Gasteiger partial charge in [-0.25, -0.2) is 0 Å². The van der Waals surface area contributed by atoms with Gasteiger partial charge >= 0.3 is 5.97 Å². The SMILES string of the molecule is Cc1ccc(N(C)CCC(=O)O)cc1Br. The Kier molecular flexibility index (Phi) is 4.15.